The molecule has 0 spiro atoms. The zero-order chi connectivity index (χ0) is 15.6. The lowest BCUT2D eigenvalue weighted by molar-refractivity contribution is 0.427. The molecule has 1 unspecified atom stereocenters. The van der Waals surface area contributed by atoms with E-state index in [1.54, 1.807) is 0 Å². The van der Waals surface area contributed by atoms with Gasteiger partial charge in [-0.2, -0.15) is 0 Å². The number of nitrogens with zero attached hydrogens (tertiary/aromatic N) is 1. The first-order valence-corrected chi connectivity index (χ1v) is 7.97. The van der Waals surface area contributed by atoms with Crippen LogP contribution in [0.15, 0.2) is 4.99 Å². The molecule has 0 aliphatic carbocycles. The van der Waals surface area contributed by atoms with Gasteiger partial charge in [-0.05, 0) is 40.0 Å². The third-order valence-electron chi connectivity index (χ3n) is 3.10. The fraction of sp³-hybridized carbons (Fsp3) is 0.938. The van der Waals surface area contributed by atoms with Crippen molar-refractivity contribution in [2.75, 3.05) is 20.1 Å². The Bertz CT molecular complexity index is 272. The minimum atomic E-state index is 0. The van der Waals surface area contributed by atoms with Crippen LogP contribution in [0, 0.1) is 5.92 Å². The average molecular weight is 412 g/mol. The summed E-state index contributed by atoms with van der Waals surface area (Å²) in [5.41, 5.74) is 0.169. The van der Waals surface area contributed by atoms with Crippen LogP contribution in [0.3, 0.4) is 0 Å². The second-order valence-corrected chi connectivity index (χ2v) is 7.05. The van der Waals surface area contributed by atoms with Gasteiger partial charge in [-0.3, -0.25) is 4.99 Å². The average Bonchev–Trinajstić information content (AvgIpc) is 2.31. The van der Waals surface area contributed by atoms with Gasteiger partial charge >= 0.3 is 0 Å². The summed E-state index contributed by atoms with van der Waals surface area (Å²) in [6.07, 6.45) is 3.76. The van der Waals surface area contributed by atoms with Crippen LogP contribution < -0.4 is 16.0 Å². The van der Waals surface area contributed by atoms with Gasteiger partial charge in [-0.1, -0.05) is 26.7 Å². The molecule has 0 rings (SSSR count). The Labute approximate surface area is 149 Å². The molecule has 0 bridgehead atoms. The van der Waals surface area contributed by atoms with Crippen molar-refractivity contribution in [3.8, 4) is 0 Å². The summed E-state index contributed by atoms with van der Waals surface area (Å²) < 4.78 is 0. The van der Waals surface area contributed by atoms with Crippen LogP contribution in [0.5, 0.6) is 0 Å². The van der Waals surface area contributed by atoms with Gasteiger partial charge in [0, 0.05) is 31.7 Å². The summed E-state index contributed by atoms with van der Waals surface area (Å²) in [6.45, 7) is 15.1. The fourth-order valence-electron chi connectivity index (χ4n) is 1.95. The highest BCUT2D eigenvalue weighted by Crippen LogP contribution is 2.08. The molecule has 0 fully saturated rings. The van der Waals surface area contributed by atoms with E-state index in [9.17, 15) is 0 Å². The van der Waals surface area contributed by atoms with Gasteiger partial charge in [-0.25, -0.2) is 0 Å². The predicted molar refractivity (Wildman–Crippen MR) is 106 cm³/mol. The van der Waals surface area contributed by atoms with Crippen molar-refractivity contribution < 1.29 is 0 Å². The molecule has 3 N–H and O–H groups in total. The summed E-state index contributed by atoms with van der Waals surface area (Å²) in [5.74, 6) is 1.70. The second-order valence-electron chi connectivity index (χ2n) is 7.05. The minimum Gasteiger partial charge on any atom is -0.355 e. The van der Waals surface area contributed by atoms with Gasteiger partial charge in [0.1, 0.15) is 0 Å². The van der Waals surface area contributed by atoms with Crippen LogP contribution >= 0.6 is 24.0 Å². The number of nitrogens with one attached hydrogen (secondary N) is 3. The standard InChI is InChI=1S/C16H36N4.HI/c1-13(2)9-8-10-14(3)20-15(17-7)18-11-12-19-16(4,5)6;/h13-14,19H,8-12H2,1-7H3,(H2,17,18,20);1H. The van der Waals surface area contributed by atoms with Crippen LogP contribution in [-0.2, 0) is 0 Å². The molecular formula is C16H37IN4. The molecule has 0 aliphatic heterocycles. The van der Waals surface area contributed by atoms with Crippen molar-refractivity contribution in [1.82, 2.24) is 16.0 Å². The van der Waals surface area contributed by atoms with E-state index in [0.29, 0.717) is 6.04 Å². The Kier molecular flexibility index (Phi) is 13.8. The largest absolute Gasteiger partial charge is 0.355 e. The molecule has 0 amide bonds. The molecule has 0 saturated heterocycles. The predicted octanol–water partition coefficient (Wildman–Crippen LogP) is 3.37. The van der Waals surface area contributed by atoms with Crippen LogP contribution in [0.2, 0.25) is 0 Å². The summed E-state index contributed by atoms with van der Waals surface area (Å²) >= 11 is 0. The van der Waals surface area contributed by atoms with Crippen LogP contribution in [-0.4, -0.2) is 37.7 Å². The monoisotopic (exact) mass is 412 g/mol. The Morgan fingerprint density at radius 2 is 1.67 bits per heavy atom. The van der Waals surface area contributed by atoms with Gasteiger partial charge in [0.25, 0.3) is 0 Å². The molecular weight excluding hydrogens is 375 g/mol. The van der Waals surface area contributed by atoms with Crippen molar-refractivity contribution in [3.05, 3.63) is 0 Å². The van der Waals surface area contributed by atoms with E-state index in [0.717, 1.165) is 25.0 Å². The highest BCUT2D eigenvalue weighted by molar-refractivity contribution is 14.0. The van der Waals surface area contributed by atoms with E-state index >= 15 is 0 Å². The van der Waals surface area contributed by atoms with E-state index in [1.165, 1.54) is 19.3 Å². The molecule has 128 valence electrons. The fourth-order valence-corrected chi connectivity index (χ4v) is 1.95. The SMILES string of the molecule is CN=C(NCCNC(C)(C)C)NC(C)CCCC(C)C.I. The van der Waals surface area contributed by atoms with Crippen molar-refractivity contribution in [1.29, 1.82) is 0 Å². The van der Waals surface area contributed by atoms with Gasteiger partial charge in [0.15, 0.2) is 5.96 Å². The third-order valence-corrected chi connectivity index (χ3v) is 3.10. The molecule has 0 radical (unpaired) electrons. The van der Waals surface area contributed by atoms with Gasteiger partial charge in [-0.15, -0.1) is 24.0 Å². The molecule has 0 aromatic carbocycles. The highest BCUT2D eigenvalue weighted by Gasteiger charge is 2.08. The van der Waals surface area contributed by atoms with Crippen LogP contribution in [0.4, 0.5) is 0 Å². The van der Waals surface area contributed by atoms with E-state index in [-0.39, 0.29) is 29.5 Å². The van der Waals surface area contributed by atoms with E-state index in [2.05, 4.69) is 62.5 Å². The van der Waals surface area contributed by atoms with Crippen LogP contribution in [0.25, 0.3) is 0 Å². The molecule has 5 heteroatoms. The molecule has 4 nitrogen and oxygen atoms in total. The summed E-state index contributed by atoms with van der Waals surface area (Å²) in [4.78, 5) is 4.27. The maximum absolute atomic E-state index is 4.27. The maximum atomic E-state index is 4.27. The lowest BCUT2D eigenvalue weighted by atomic mass is 10.0. The maximum Gasteiger partial charge on any atom is 0.191 e. The molecule has 0 heterocycles. The number of guanidine groups is 1. The Morgan fingerprint density at radius 1 is 1.05 bits per heavy atom. The third kappa shape index (κ3) is 16.2. The van der Waals surface area contributed by atoms with E-state index < -0.39 is 0 Å². The zero-order valence-electron chi connectivity index (χ0n) is 15.0. The van der Waals surface area contributed by atoms with Gasteiger partial charge in [0.05, 0.1) is 0 Å². The Morgan fingerprint density at radius 3 is 2.14 bits per heavy atom. The van der Waals surface area contributed by atoms with Crippen molar-refractivity contribution in [2.24, 2.45) is 10.9 Å². The van der Waals surface area contributed by atoms with Crippen molar-refractivity contribution in [3.63, 3.8) is 0 Å². The lowest BCUT2D eigenvalue weighted by Crippen LogP contribution is -2.46. The molecule has 0 aromatic heterocycles. The molecule has 0 saturated carbocycles. The summed E-state index contributed by atoms with van der Waals surface area (Å²) in [7, 11) is 1.83. The van der Waals surface area contributed by atoms with Crippen molar-refractivity contribution in [2.45, 2.75) is 72.4 Å². The van der Waals surface area contributed by atoms with Crippen LogP contribution in [0.1, 0.15) is 60.8 Å². The molecule has 0 aliphatic rings. The summed E-state index contributed by atoms with van der Waals surface area (Å²) in [5, 5.41) is 10.3. The Hall–Kier alpha value is -0.0400. The second kappa shape index (κ2) is 12.5. The number of aliphatic imine (C=N–C) groups is 1. The Balaban J connectivity index is 0. The first kappa shape index (κ1) is 23.2. The summed E-state index contributed by atoms with van der Waals surface area (Å²) in [6, 6.07) is 0.468. The lowest BCUT2D eigenvalue weighted by Gasteiger charge is -2.22. The number of rotatable bonds is 8. The van der Waals surface area contributed by atoms with Gasteiger partial charge < -0.3 is 16.0 Å². The first-order valence-electron chi connectivity index (χ1n) is 7.97. The number of hydrogen-bond donors (Lipinski definition) is 3. The number of hydrogen-bond acceptors (Lipinski definition) is 2. The minimum absolute atomic E-state index is 0. The normalized spacial score (nSPS) is 13.8. The van der Waals surface area contributed by atoms with Gasteiger partial charge in [0.2, 0.25) is 0 Å². The molecule has 0 aromatic rings. The van der Waals surface area contributed by atoms with E-state index in [1.807, 2.05) is 7.05 Å². The van der Waals surface area contributed by atoms with Crippen molar-refractivity contribution >= 4 is 29.9 Å². The topological polar surface area (TPSA) is 48.5 Å². The highest BCUT2D eigenvalue weighted by atomic mass is 127. The number of halogens is 1. The molecule has 21 heavy (non-hydrogen) atoms. The first-order chi connectivity index (χ1) is 9.24. The quantitative estimate of drug-likeness (QED) is 0.248. The zero-order valence-corrected chi connectivity index (χ0v) is 17.4. The van der Waals surface area contributed by atoms with E-state index in [4.69, 9.17) is 0 Å². The smallest absolute Gasteiger partial charge is 0.191 e. The molecule has 1 atom stereocenters.